The largest absolute Gasteiger partial charge is 0.481 e. The fraction of sp³-hybridized carbons (Fsp3) is 0.875. The predicted octanol–water partition coefficient (Wildman–Crippen LogP) is 0.495. The van der Waals surface area contributed by atoms with E-state index >= 15 is 0 Å². The summed E-state index contributed by atoms with van der Waals surface area (Å²) in [5.74, 6) is -1.15. The van der Waals surface area contributed by atoms with Crippen molar-refractivity contribution in [3.05, 3.63) is 0 Å². The highest BCUT2D eigenvalue weighted by Crippen LogP contribution is 2.08. The summed E-state index contributed by atoms with van der Waals surface area (Å²) in [6.07, 6.45) is -0.699. The van der Waals surface area contributed by atoms with Gasteiger partial charge in [0, 0.05) is 6.61 Å². The van der Waals surface area contributed by atoms with Crippen LogP contribution in [0, 0.1) is 5.92 Å². The Hall–Kier alpha value is -0.610. The maximum atomic E-state index is 10.2. The average molecular weight is 176 g/mol. The van der Waals surface area contributed by atoms with Gasteiger partial charge in [-0.3, -0.25) is 4.79 Å². The van der Waals surface area contributed by atoms with Gasteiger partial charge in [0.1, 0.15) is 0 Å². The Morgan fingerprint density at radius 2 is 2.17 bits per heavy atom. The molecular weight excluding hydrogens is 160 g/mol. The molecule has 2 N–H and O–H groups in total. The summed E-state index contributed by atoms with van der Waals surface area (Å²) < 4.78 is 4.96. The van der Waals surface area contributed by atoms with Gasteiger partial charge in [0.15, 0.2) is 0 Å². The Kier molecular flexibility index (Phi) is 5.66. The predicted molar refractivity (Wildman–Crippen MR) is 43.9 cm³/mol. The molecule has 0 radical (unpaired) electrons. The van der Waals surface area contributed by atoms with Crippen LogP contribution < -0.4 is 0 Å². The molecule has 0 aliphatic rings. The van der Waals surface area contributed by atoms with Crippen LogP contribution in [0.2, 0.25) is 0 Å². The third-order valence-corrected chi connectivity index (χ3v) is 1.65. The minimum absolute atomic E-state index is 0.0196. The number of aliphatic hydroxyl groups excluding tert-OH is 1. The average Bonchev–Trinajstić information content (AvgIpc) is 1.98. The maximum absolute atomic E-state index is 10.2. The molecule has 0 spiro atoms. The van der Waals surface area contributed by atoms with Crippen LogP contribution in [0.4, 0.5) is 0 Å². The van der Waals surface area contributed by atoms with Gasteiger partial charge < -0.3 is 14.9 Å². The monoisotopic (exact) mass is 176 g/mol. The van der Waals surface area contributed by atoms with E-state index in [-0.39, 0.29) is 18.9 Å². The Balaban J connectivity index is 3.60. The van der Waals surface area contributed by atoms with Crippen molar-refractivity contribution in [1.29, 1.82) is 0 Å². The van der Waals surface area contributed by atoms with Crippen LogP contribution in [-0.4, -0.2) is 35.5 Å². The van der Waals surface area contributed by atoms with E-state index in [4.69, 9.17) is 9.84 Å². The number of aliphatic carboxylic acids is 1. The van der Waals surface area contributed by atoms with Crippen molar-refractivity contribution >= 4 is 5.97 Å². The Labute approximate surface area is 72.2 Å². The quantitative estimate of drug-likeness (QED) is 0.618. The molecule has 0 saturated heterocycles. The summed E-state index contributed by atoms with van der Waals surface area (Å²) in [7, 11) is 0. The lowest BCUT2D eigenvalue weighted by molar-refractivity contribution is -0.139. The third kappa shape index (κ3) is 5.09. The molecule has 0 fully saturated rings. The number of rotatable bonds is 6. The normalized spacial score (nSPS) is 15.6. The number of carboxylic acid groups (broad SMARTS) is 1. The van der Waals surface area contributed by atoms with Crippen molar-refractivity contribution in [2.45, 2.75) is 26.4 Å². The highest BCUT2D eigenvalue weighted by molar-refractivity contribution is 5.67. The second-order valence-corrected chi connectivity index (χ2v) is 2.80. The molecular formula is C8H16O4. The van der Waals surface area contributed by atoms with Gasteiger partial charge >= 0.3 is 5.97 Å². The van der Waals surface area contributed by atoms with Gasteiger partial charge in [0.2, 0.25) is 0 Å². The molecule has 0 aliphatic carbocycles. The highest BCUT2D eigenvalue weighted by Gasteiger charge is 2.16. The fourth-order valence-electron chi connectivity index (χ4n) is 0.814. The molecule has 4 nitrogen and oxygen atoms in total. The van der Waals surface area contributed by atoms with Crippen LogP contribution in [0.1, 0.15) is 20.3 Å². The molecule has 4 heteroatoms. The first-order valence-corrected chi connectivity index (χ1v) is 4.05. The van der Waals surface area contributed by atoms with Crippen LogP contribution in [-0.2, 0) is 9.53 Å². The van der Waals surface area contributed by atoms with Crippen molar-refractivity contribution in [3.8, 4) is 0 Å². The standard InChI is InChI=1S/C8H16O4/c1-3-12-5-7(9)6(2)4-8(10)11/h6-7,9H,3-5H2,1-2H3,(H,10,11). The molecule has 0 bridgehead atoms. The number of carbonyl (C=O) groups is 1. The van der Waals surface area contributed by atoms with Gasteiger partial charge in [0.05, 0.1) is 19.1 Å². The van der Waals surface area contributed by atoms with E-state index in [9.17, 15) is 9.90 Å². The third-order valence-electron chi connectivity index (χ3n) is 1.65. The number of ether oxygens (including phenoxy) is 1. The zero-order valence-corrected chi connectivity index (χ0v) is 7.49. The molecule has 72 valence electrons. The zero-order chi connectivity index (χ0) is 9.56. The molecule has 2 atom stereocenters. The molecule has 0 aromatic heterocycles. The van der Waals surface area contributed by atoms with Gasteiger partial charge in [-0.15, -0.1) is 0 Å². The first kappa shape index (κ1) is 11.4. The minimum atomic E-state index is -0.891. The van der Waals surface area contributed by atoms with Crippen LogP contribution in [0.5, 0.6) is 0 Å². The van der Waals surface area contributed by atoms with Crippen molar-refractivity contribution < 1.29 is 19.7 Å². The molecule has 2 unspecified atom stereocenters. The number of hydrogen-bond acceptors (Lipinski definition) is 3. The Bertz CT molecular complexity index is 135. The van der Waals surface area contributed by atoms with Crippen LogP contribution in [0.3, 0.4) is 0 Å². The van der Waals surface area contributed by atoms with Gasteiger partial charge in [0.25, 0.3) is 0 Å². The van der Waals surface area contributed by atoms with E-state index in [2.05, 4.69) is 0 Å². The van der Waals surface area contributed by atoms with Gasteiger partial charge in [-0.1, -0.05) is 6.92 Å². The highest BCUT2D eigenvalue weighted by atomic mass is 16.5. The van der Waals surface area contributed by atoms with E-state index in [1.54, 1.807) is 6.92 Å². The van der Waals surface area contributed by atoms with Gasteiger partial charge in [-0.05, 0) is 12.8 Å². The van der Waals surface area contributed by atoms with E-state index in [1.807, 2.05) is 6.92 Å². The molecule has 0 rings (SSSR count). The van der Waals surface area contributed by atoms with E-state index in [0.717, 1.165) is 0 Å². The second-order valence-electron chi connectivity index (χ2n) is 2.80. The SMILES string of the molecule is CCOCC(O)C(C)CC(=O)O. The first-order valence-electron chi connectivity index (χ1n) is 4.05. The lowest BCUT2D eigenvalue weighted by atomic mass is 10.0. The summed E-state index contributed by atoms with van der Waals surface area (Å²) >= 11 is 0. The van der Waals surface area contributed by atoms with Gasteiger partial charge in [-0.25, -0.2) is 0 Å². The summed E-state index contributed by atoms with van der Waals surface area (Å²) in [4.78, 5) is 10.2. The lowest BCUT2D eigenvalue weighted by Gasteiger charge is -2.16. The molecule has 0 aromatic rings. The number of carboxylic acids is 1. The number of hydrogen-bond donors (Lipinski definition) is 2. The molecule has 0 saturated carbocycles. The summed E-state index contributed by atoms with van der Waals surface area (Å²) in [6, 6.07) is 0. The van der Waals surface area contributed by atoms with E-state index < -0.39 is 12.1 Å². The van der Waals surface area contributed by atoms with Crippen LogP contribution in [0.25, 0.3) is 0 Å². The zero-order valence-electron chi connectivity index (χ0n) is 7.49. The number of aliphatic hydroxyl groups is 1. The smallest absolute Gasteiger partial charge is 0.303 e. The fourth-order valence-corrected chi connectivity index (χ4v) is 0.814. The minimum Gasteiger partial charge on any atom is -0.481 e. The molecule has 12 heavy (non-hydrogen) atoms. The van der Waals surface area contributed by atoms with Crippen molar-refractivity contribution in [3.63, 3.8) is 0 Å². The molecule has 0 heterocycles. The van der Waals surface area contributed by atoms with Crippen LogP contribution in [0.15, 0.2) is 0 Å². The topological polar surface area (TPSA) is 66.8 Å². The second kappa shape index (κ2) is 5.97. The first-order chi connectivity index (χ1) is 5.57. The molecule has 0 aromatic carbocycles. The van der Waals surface area contributed by atoms with E-state index in [0.29, 0.717) is 6.61 Å². The maximum Gasteiger partial charge on any atom is 0.303 e. The van der Waals surface area contributed by atoms with Crippen molar-refractivity contribution in [1.82, 2.24) is 0 Å². The van der Waals surface area contributed by atoms with Crippen LogP contribution >= 0.6 is 0 Å². The molecule has 0 aliphatic heterocycles. The lowest BCUT2D eigenvalue weighted by Crippen LogP contribution is -2.25. The summed E-state index contributed by atoms with van der Waals surface area (Å²) in [6.45, 7) is 4.27. The Morgan fingerprint density at radius 3 is 2.58 bits per heavy atom. The van der Waals surface area contributed by atoms with Gasteiger partial charge in [-0.2, -0.15) is 0 Å². The van der Waals surface area contributed by atoms with Crippen molar-refractivity contribution in [2.75, 3.05) is 13.2 Å². The summed E-state index contributed by atoms with van der Waals surface area (Å²) in [5.41, 5.74) is 0. The van der Waals surface area contributed by atoms with E-state index in [1.165, 1.54) is 0 Å². The summed E-state index contributed by atoms with van der Waals surface area (Å²) in [5, 5.41) is 17.7. The Morgan fingerprint density at radius 1 is 1.58 bits per heavy atom. The molecule has 0 amide bonds. The van der Waals surface area contributed by atoms with Crippen molar-refractivity contribution in [2.24, 2.45) is 5.92 Å².